The van der Waals surface area contributed by atoms with E-state index in [9.17, 15) is 22.8 Å². The molecule has 1 unspecified atom stereocenters. The minimum Gasteiger partial charge on any atom is -0.444 e. The van der Waals surface area contributed by atoms with E-state index >= 15 is 0 Å². The number of halogens is 3. The predicted molar refractivity (Wildman–Crippen MR) is 74.3 cm³/mol. The SMILES string of the molecule is CN(CC(F)(F)F)C(=O)C1CCCCN1C(=O)OC(C)(C)C. The van der Waals surface area contributed by atoms with Crippen molar-refractivity contribution in [3.05, 3.63) is 0 Å². The molecule has 1 rings (SSSR count). The summed E-state index contributed by atoms with van der Waals surface area (Å²) < 4.78 is 42.5. The number of carbonyl (C=O) groups excluding carboxylic acids is 2. The average Bonchev–Trinajstić information content (AvgIpc) is 2.33. The molecule has 1 heterocycles. The summed E-state index contributed by atoms with van der Waals surface area (Å²) in [6, 6.07) is -0.893. The lowest BCUT2D eigenvalue weighted by Gasteiger charge is -2.37. The molecule has 1 atom stereocenters. The van der Waals surface area contributed by atoms with Crippen molar-refractivity contribution in [3.63, 3.8) is 0 Å². The van der Waals surface area contributed by atoms with Crippen LogP contribution >= 0.6 is 0 Å². The minimum absolute atomic E-state index is 0.311. The van der Waals surface area contributed by atoms with Crippen LogP contribution in [0.3, 0.4) is 0 Å². The molecular formula is C14H23F3N2O3. The summed E-state index contributed by atoms with van der Waals surface area (Å²) in [7, 11) is 1.09. The summed E-state index contributed by atoms with van der Waals surface area (Å²) in [5, 5.41) is 0. The van der Waals surface area contributed by atoms with Crippen molar-refractivity contribution in [2.24, 2.45) is 0 Å². The number of amides is 2. The van der Waals surface area contributed by atoms with E-state index in [-0.39, 0.29) is 0 Å². The fourth-order valence-electron chi connectivity index (χ4n) is 2.33. The summed E-state index contributed by atoms with van der Waals surface area (Å²) in [4.78, 5) is 26.2. The topological polar surface area (TPSA) is 49.9 Å². The van der Waals surface area contributed by atoms with Crippen molar-refractivity contribution in [2.45, 2.75) is 57.9 Å². The largest absolute Gasteiger partial charge is 0.444 e. The Morgan fingerprint density at radius 2 is 1.82 bits per heavy atom. The van der Waals surface area contributed by atoms with E-state index in [1.807, 2.05) is 0 Å². The zero-order valence-electron chi connectivity index (χ0n) is 13.4. The van der Waals surface area contributed by atoms with Crippen molar-refractivity contribution >= 4 is 12.0 Å². The highest BCUT2D eigenvalue weighted by Gasteiger charge is 2.39. The highest BCUT2D eigenvalue weighted by Crippen LogP contribution is 2.23. The standard InChI is InChI=1S/C14H23F3N2O3/c1-13(2,3)22-12(21)19-8-6-5-7-10(19)11(20)18(4)9-14(15,16)17/h10H,5-9H2,1-4H3. The monoisotopic (exact) mass is 324 g/mol. The van der Waals surface area contributed by atoms with Crippen LogP contribution < -0.4 is 0 Å². The summed E-state index contributed by atoms with van der Waals surface area (Å²) in [5.41, 5.74) is -0.722. The second-order valence-electron chi connectivity index (χ2n) is 6.49. The molecule has 0 aromatic rings. The number of piperidine rings is 1. The molecule has 5 nitrogen and oxygen atoms in total. The summed E-state index contributed by atoms with van der Waals surface area (Å²) in [6.07, 6.45) is -3.39. The van der Waals surface area contributed by atoms with E-state index in [0.29, 0.717) is 30.7 Å². The summed E-state index contributed by atoms with van der Waals surface area (Å²) in [6.45, 7) is 4.07. The first-order valence-electron chi connectivity index (χ1n) is 7.22. The predicted octanol–water partition coefficient (Wildman–Crippen LogP) is 2.80. The van der Waals surface area contributed by atoms with Gasteiger partial charge in [-0.1, -0.05) is 0 Å². The lowest BCUT2D eigenvalue weighted by Crippen LogP contribution is -2.54. The first-order valence-corrected chi connectivity index (χ1v) is 7.22. The Balaban J connectivity index is 2.80. The molecular weight excluding hydrogens is 301 g/mol. The van der Waals surface area contributed by atoms with E-state index < -0.39 is 36.4 Å². The number of rotatable bonds is 2. The third-order valence-corrected chi connectivity index (χ3v) is 3.21. The molecule has 1 fully saturated rings. The Bertz CT molecular complexity index is 419. The van der Waals surface area contributed by atoms with Gasteiger partial charge in [0.25, 0.3) is 0 Å². The summed E-state index contributed by atoms with van der Waals surface area (Å²) in [5.74, 6) is -0.706. The van der Waals surface area contributed by atoms with Crippen LogP contribution in [0.4, 0.5) is 18.0 Å². The van der Waals surface area contributed by atoms with Gasteiger partial charge in [-0.25, -0.2) is 4.79 Å². The van der Waals surface area contributed by atoms with Gasteiger partial charge in [-0.3, -0.25) is 9.69 Å². The quantitative estimate of drug-likeness (QED) is 0.785. The van der Waals surface area contributed by atoms with E-state index in [1.54, 1.807) is 20.8 Å². The number of ether oxygens (including phenoxy) is 1. The number of alkyl halides is 3. The zero-order chi connectivity index (χ0) is 17.1. The lowest BCUT2D eigenvalue weighted by atomic mass is 10.0. The van der Waals surface area contributed by atoms with Crippen molar-refractivity contribution < 1.29 is 27.5 Å². The fraction of sp³-hybridized carbons (Fsp3) is 0.857. The second-order valence-corrected chi connectivity index (χ2v) is 6.49. The zero-order valence-corrected chi connectivity index (χ0v) is 13.4. The van der Waals surface area contributed by atoms with Gasteiger partial charge in [0.15, 0.2) is 0 Å². The van der Waals surface area contributed by atoms with Crippen LogP contribution in [0, 0.1) is 0 Å². The number of likely N-dealkylation sites (tertiary alicyclic amines) is 1. The Morgan fingerprint density at radius 3 is 2.32 bits per heavy atom. The molecule has 22 heavy (non-hydrogen) atoms. The van der Waals surface area contributed by atoms with E-state index in [2.05, 4.69) is 0 Å². The maximum atomic E-state index is 12.4. The van der Waals surface area contributed by atoms with Gasteiger partial charge < -0.3 is 9.64 Å². The number of hydrogen-bond acceptors (Lipinski definition) is 3. The third kappa shape index (κ3) is 5.73. The highest BCUT2D eigenvalue weighted by atomic mass is 19.4. The van der Waals surface area contributed by atoms with Crippen LogP contribution in [-0.4, -0.2) is 59.8 Å². The Hall–Kier alpha value is -1.47. The Labute approximate surface area is 128 Å². The van der Waals surface area contributed by atoms with E-state index in [4.69, 9.17) is 4.74 Å². The first-order chi connectivity index (χ1) is 9.91. The summed E-state index contributed by atoms with van der Waals surface area (Å²) >= 11 is 0. The number of hydrogen-bond donors (Lipinski definition) is 0. The van der Waals surface area contributed by atoms with Crippen molar-refractivity contribution in [2.75, 3.05) is 20.1 Å². The van der Waals surface area contributed by atoms with Gasteiger partial charge in [-0.15, -0.1) is 0 Å². The molecule has 0 N–H and O–H groups in total. The molecule has 1 aliphatic rings. The Kier molecular flexibility index (Phi) is 5.70. The number of nitrogens with zero attached hydrogens (tertiary/aromatic N) is 2. The van der Waals surface area contributed by atoms with Crippen LogP contribution in [0.15, 0.2) is 0 Å². The van der Waals surface area contributed by atoms with Crippen molar-refractivity contribution in [1.82, 2.24) is 9.80 Å². The molecule has 0 aromatic carbocycles. The molecule has 0 aliphatic carbocycles. The molecule has 0 spiro atoms. The minimum atomic E-state index is -4.46. The molecule has 0 aromatic heterocycles. The maximum Gasteiger partial charge on any atom is 0.410 e. The van der Waals surface area contributed by atoms with Crippen LogP contribution in [-0.2, 0) is 9.53 Å². The van der Waals surface area contributed by atoms with Gasteiger partial charge in [0.2, 0.25) is 5.91 Å². The third-order valence-electron chi connectivity index (χ3n) is 3.21. The Morgan fingerprint density at radius 1 is 1.23 bits per heavy atom. The second kappa shape index (κ2) is 6.75. The smallest absolute Gasteiger partial charge is 0.410 e. The van der Waals surface area contributed by atoms with E-state index in [1.165, 1.54) is 4.90 Å². The molecule has 0 bridgehead atoms. The van der Waals surface area contributed by atoms with Crippen LogP contribution in [0.25, 0.3) is 0 Å². The van der Waals surface area contributed by atoms with Crippen LogP contribution in [0.2, 0.25) is 0 Å². The molecule has 1 aliphatic heterocycles. The normalized spacial score (nSPS) is 19.8. The molecule has 2 amide bonds. The molecule has 0 radical (unpaired) electrons. The van der Waals surface area contributed by atoms with Gasteiger partial charge >= 0.3 is 12.3 Å². The maximum absolute atomic E-state index is 12.4. The molecule has 8 heteroatoms. The van der Waals surface area contributed by atoms with E-state index in [0.717, 1.165) is 7.05 Å². The van der Waals surface area contributed by atoms with Crippen LogP contribution in [0.1, 0.15) is 40.0 Å². The van der Waals surface area contributed by atoms with Crippen LogP contribution in [0.5, 0.6) is 0 Å². The van der Waals surface area contributed by atoms with Gasteiger partial charge in [-0.2, -0.15) is 13.2 Å². The van der Waals surface area contributed by atoms with Crippen molar-refractivity contribution in [3.8, 4) is 0 Å². The van der Waals surface area contributed by atoms with Gasteiger partial charge in [0.1, 0.15) is 18.2 Å². The molecule has 1 saturated heterocycles. The van der Waals surface area contributed by atoms with Gasteiger partial charge in [0.05, 0.1) is 0 Å². The first kappa shape index (κ1) is 18.6. The highest BCUT2D eigenvalue weighted by molar-refractivity contribution is 5.85. The average molecular weight is 324 g/mol. The lowest BCUT2D eigenvalue weighted by molar-refractivity contribution is -0.162. The molecule has 128 valence electrons. The number of likely N-dealkylation sites (N-methyl/N-ethyl adjacent to an activating group) is 1. The fourth-order valence-corrected chi connectivity index (χ4v) is 2.33. The number of carbonyl (C=O) groups is 2. The van der Waals surface area contributed by atoms with Crippen molar-refractivity contribution in [1.29, 1.82) is 0 Å². The molecule has 0 saturated carbocycles. The van der Waals surface area contributed by atoms with Gasteiger partial charge in [-0.05, 0) is 40.0 Å². The van der Waals surface area contributed by atoms with Gasteiger partial charge in [0, 0.05) is 13.6 Å².